The molecule has 0 fully saturated rings. The Morgan fingerprint density at radius 2 is 1.85 bits per heavy atom. The van der Waals surface area contributed by atoms with Crippen LogP contribution in [0.1, 0.15) is 54.3 Å². The van der Waals surface area contributed by atoms with Crippen LogP contribution < -0.4 is 9.47 Å². The zero-order valence-corrected chi connectivity index (χ0v) is 19.9. The molecule has 2 aromatic carbocycles. The van der Waals surface area contributed by atoms with E-state index in [0.717, 1.165) is 24.5 Å². The Morgan fingerprint density at radius 1 is 1.15 bits per heavy atom. The van der Waals surface area contributed by atoms with Crippen LogP contribution in [0.5, 0.6) is 28.7 Å². The number of Topliss-reactive ketones (excluding diaryl/α,β-unsaturated/α-hetero) is 1. The molecule has 0 radical (unpaired) electrons. The lowest BCUT2D eigenvalue weighted by Crippen LogP contribution is -2.37. The van der Waals surface area contributed by atoms with Gasteiger partial charge >= 0.3 is 0 Å². The van der Waals surface area contributed by atoms with Gasteiger partial charge in [0.15, 0.2) is 12.2 Å². The van der Waals surface area contributed by atoms with Crippen molar-refractivity contribution in [2.45, 2.75) is 51.4 Å². The summed E-state index contributed by atoms with van der Waals surface area (Å²) in [5.74, 6) is -1.14. The minimum absolute atomic E-state index is 0.0306. The Kier molecular flexibility index (Phi) is 7.74. The number of ether oxygens (including phenoxy) is 3. The van der Waals surface area contributed by atoms with Crippen molar-refractivity contribution in [3.05, 3.63) is 53.1 Å². The zero-order chi connectivity index (χ0) is 25.2. The van der Waals surface area contributed by atoms with E-state index in [4.69, 9.17) is 14.2 Å². The van der Waals surface area contributed by atoms with Crippen molar-refractivity contribution in [2.24, 2.45) is 5.92 Å². The van der Waals surface area contributed by atoms with Gasteiger partial charge in [-0.05, 0) is 51.2 Å². The predicted molar refractivity (Wildman–Crippen MR) is 126 cm³/mol. The van der Waals surface area contributed by atoms with E-state index in [1.807, 2.05) is 13.8 Å². The van der Waals surface area contributed by atoms with Crippen molar-refractivity contribution in [1.29, 1.82) is 0 Å². The maximum Gasteiger partial charge on any atom is 0.202 e. The number of allylic oxidation sites excluding steroid dienone is 1. The number of hydrogen-bond acceptors (Lipinski definition) is 8. The first kappa shape index (κ1) is 25.4. The Morgan fingerprint density at radius 3 is 2.44 bits per heavy atom. The summed E-state index contributed by atoms with van der Waals surface area (Å²) in [5, 5.41) is 41.6. The molecule has 34 heavy (non-hydrogen) atoms. The summed E-state index contributed by atoms with van der Waals surface area (Å²) in [6.45, 7) is 7.97. The van der Waals surface area contributed by atoms with Crippen LogP contribution in [0.2, 0.25) is 0 Å². The van der Waals surface area contributed by atoms with Crippen molar-refractivity contribution >= 4 is 5.78 Å². The monoisotopic (exact) mass is 472 g/mol. The first-order valence-electron chi connectivity index (χ1n) is 11.1. The number of aliphatic hydroxyl groups excluding tert-OH is 1. The molecule has 0 aromatic heterocycles. The van der Waals surface area contributed by atoms with E-state index in [2.05, 4.69) is 6.58 Å². The molecule has 3 rings (SSSR count). The van der Waals surface area contributed by atoms with Crippen molar-refractivity contribution in [1.82, 2.24) is 0 Å². The number of phenols is 3. The predicted octanol–water partition coefficient (Wildman–Crippen LogP) is 4.04. The summed E-state index contributed by atoms with van der Waals surface area (Å²) in [6.07, 6.45) is -0.980. The van der Waals surface area contributed by atoms with Crippen molar-refractivity contribution < 1.29 is 39.4 Å². The molecular weight excluding hydrogens is 440 g/mol. The molecule has 0 spiro atoms. The van der Waals surface area contributed by atoms with Gasteiger partial charge in [-0.2, -0.15) is 0 Å². The summed E-state index contributed by atoms with van der Waals surface area (Å²) in [7, 11) is 3.00. The summed E-state index contributed by atoms with van der Waals surface area (Å²) in [4.78, 5) is 13.2. The van der Waals surface area contributed by atoms with Crippen LogP contribution in [-0.2, 0) is 11.2 Å². The van der Waals surface area contributed by atoms with Crippen molar-refractivity contribution in [3.63, 3.8) is 0 Å². The number of carbonyl (C=O) groups is 1. The van der Waals surface area contributed by atoms with E-state index in [1.54, 1.807) is 7.11 Å². The van der Waals surface area contributed by atoms with Crippen LogP contribution in [-0.4, -0.2) is 52.6 Å². The number of aliphatic hydroxyl groups is 1. The van der Waals surface area contributed by atoms with E-state index in [0.29, 0.717) is 12.0 Å². The number of phenolic OH excluding ortho intramolecular Hbond substituents is 3. The molecule has 1 aliphatic rings. The lowest BCUT2D eigenvalue weighted by molar-refractivity contribution is 0.0197. The normalized spacial score (nSPS) is 19.1. The molecule has 8 nitrogen and oxygen atoms in total. The molecule has 1 heterocycles. The number of benzene rings is 2. The van der Waals surface area contributed by atoms with Crippen molar-refractivity contribution in [3.8, 4) is 28.7 Å². The molecular formula is C26H32O8. The van der Waals surface area contributed by atoms with E-state index in [1.165, 1.54) is 25.3 Å². The Labute approximate surface area is 199 Å². The molecule has 4 N–H and O–H groups in total. The van der Waals surface area contributed by atoms with Crippen LogP contribution in [0.15, 0.2) is 36.4 Å². The van der Waals surface area contributed by atoms with Gasteiger partial charge in [0, 0.05) is 30.4 Å². The summed E-state index contributed by atoms with van der Waals surface area (Å²) < 4.78 is 16.8. The number of methoxy groups -OCH3 is 2. The molecule has 0 amide bonds. The van der Waals surface area contributed by atoms with Crippen LogP contribution in [0, 0.1) is 5.92 Å². The molecule has 184 valence electrons. The third-order valence-corrected chi connectivity index (χ3v) is 6.38. The van der Waals surface area contributed by atoms with Gasteiger partial charge in [-0.3, -0.25) is 4.79 Å². The molecule has 2 unspecified atom stereocenters. The summed E-state index contributed by atoms with van der Waals surface area (Å²) in [6, 6.07) is 5.14. The highest BCUT2D eigenvalue weighted by Crippen LogP contribution is 2.48. The average Bonchev–Trinajstić information content (AvgIpc) is 2.79. The minimum Gasteiger partial charge on any atom is -0.508 e. The maximum absolute atomic E-state index is 13.2. The number of ketones is 1. The van der Waals surface area contributed by atoms with Gasteiger partial charge in [0.05, 0.1) is 13.2 Å². The number of aromatic hydroxyl groups is 3. The summed E-state index contributed by atoms with van der Waals surface area (Å²) >= 11 is 0. The Hall–Kier alpha value is -3.23. The number of fused-ring (bicyclic) bond motifs is 1. The largest absolute Gasteiger partial charge is 0.508 e. The number of carbonyl (C=O) groups excluding carboxylic acids is 1. The maximum atomic E-state index is 13.2. The van der Waals surface area contributed by atoms with E-state index < -0.39 is 18.0 Å². The number of rotatable bonds is 9. The Balaban J connectivity index is 2.09. The van der Waals surface area contributed by atoms with Crippen LogP contribution >= 0.6 is 0 Å². The molecule has 0 saturated carbocycles. The smallest absolute Gasteiger partial charge is 0.202 e. The first-order valence-corrected chi connectivity index (χ1v) is 11.1. The third kappa shape index (κ3) is 4.98. The fourth-order valence-corrected chi connectivity index (χ4v) is 4.19. The van der Waals surface area contributed by atoms with Gasteiger partial charge in [-0.15, -0.1) is 0 Å². The van der Waals surface area contributed by atoms with E-state index in [-0.39, 0.29) is 51.9 Å². The fraction of sp³-hybridized carbons (Fsp3) is 0.423. The van der Waals surface area contributed by atoms with Gasteiger partial charge in [0.1, 0.15) is 34.3 Å². The highest BCUT2D eigenvalue weighted by molar-refractivity contribution is 6.06. The van der Waals surface area contributed by atoms with Crippen LogP contribution in [0.4, 0.5) is 0 Å². The molecule has 2 aromatic rings. The average molecular weight is 473 g/mol. The SMILES string of the molecule is C=C(C)C(CCC(C)OC)Cc1c(O)cc(OC)c2c1O[C@H](c1ccc(O)cc1O)[C@H](O)C2=O. The standard InChI is InChI=1S/C26H32O8/c1-13(2)15(7-6-14(3)32-4)10-18-20(29)12-21(33-5)22-23(30)24(31)26(34-25(18)22)17-9-8-16(27)11-19(17)28/h8-9,11-12,14-15,24,26-29,31H,1,6-7,10H2,2-5H3/t14?,15?,24-,26-/m1/s1. The van der Waals surface area contributed by atoms with E-state index in [9.17, 15) is 25.2 Å². The minimum atomic E-state index is -1.63. The molecule has 1 aliphatic heterocycles. The van der Waals surface area contributed by atoms with Gasteiger partial charge in [-0.1, -0.05) is 12.2 Å². The highest BCUT2D eigenvalue weighted by atomic mass is 16.5. The zero-order valence-electron chi connectivity index (χ0n) is 19.9. The first-order chi connectivity index (χ1) is 16.1. The quantitative estimate of drug-likeness (QED) is 0.403. The molecule has 0 bridgehead atoms. The molecule has 0 aliphatic carbocycles. The van der Waals surface area contributed by atoms with Crippen LogP contribution in [0.25, 0.3) is 0 Å². The van der Waals surface area contributed by atoms with Gasteiger partial charge < -0.3 is 34.6 Å². The molecule has 8 heteroatoms. The molecule has 4 atom stereocenters. The summed E-state index contributed by atoms with van der Waals surface area (Å²) in [5.41, 5.74) is 1.45. The lowest BCUT2D eigenvalue weighted by Gasteiger charge is -2.33. The fourth-order valence-electron chi connectivity index (χ4n) is 4.19. The molecule has 0 saturated heterocycles. The topological polar surface area (TPSA) is 126 Å². The van der Waals surface area contributed by atoms with Gasteiger partial charge in [0.25, 0.3) is 0 Å². The van der Waals surface area contributed by atoms with Crippen LogP contribution in [0.3, 0.4) is 0 Å². The highest BCUT2D eigenvalue weighted by Gasteiger charge is 2.42. The third-order valence-electron chi connectivity index (χ3n) is 6.38. The van der Waals surface area contributed by atoms with Crippen molar-refractivity contribution in [2.75, 3.05) is 14.2 Å². The van der Waals surface area contributed by atoms with Gasteiger partial charge in [-0.25, -0.2) is 0 Å². The second-order valence-electron chi connectivity index (χ2n) is 8.74. The lowest BCUT2D eigenvalue weighted by atomic mass is 9.85. The Bertz CT molecular complexity index is 1080. The number of hydrogen-bond donors (Lipinski definition) is 4. The second kappa shape index (κ2) is 10.4. The second-order valence-corrected chi connectivity index (χ2v) is 8.74. The van der Waals surface area contributed by atoms with Gasteiger partial charge in [0.2, 0.25) is 5.78 Å². The van der Waals surface area contributed by atoms with E-state index >= 15 is 0 Å².